The number of amides is 1. The summed E-state index contributed by atoms with van der Waals surface area (Å²) in [6.45, 7) is 0.307. The molecule has 1 fully saturated rings. The Balaban J connectivity index is 2.21. The van der Waals surface area contributed by atoms with Crippen LogP contribution in [0.5, 0.6) is 0 Å². The van der Waals surface area contributed by atoms with Crippen LogP contribution in [0.25, 0.3) is 0 Å². The van der Waals surface area contributed by atoms with Gasteiger partial charge < -0.3 is 15.8 Å². The molecule has 122 valence electrons. The highest BCUT2D eigenvalue weighted by Crippen LogP contribution is 2.31. The Hall–Kier alpha value is -1.65. The van der Waals surface area contributed by atoms with E-state index in [9.17, 15) is 26.4 Å². The van der Waals surface area contributed by atoms with E-state index < -0.39 is 38.3 Å². The van der Waals surface area contributed by atoms with Gasteiger partial charge in [0.05, 0.1) is 4.90 Å². The van der Waals surface area contributed by atoms with Crippen molar-refractivity contribution in [2.75, 3.05) is 11.9 Å². The molecule has 0 saturated carbocycles. The van der Waals surface area contributed by atoms with E-state index in [-0.39, 0.29) is 5.69 Å². The van der Waals surface area contributed by atoms with Crippen LogP contribution in [-0.4, -0.2) is 38.6 Å². The fraction of sp³-hybridized carbons (Fsp3) is 0.417. The first-order chi connectivity index (χ1) is 10.1. The van der Waals surface area contributed by atoms with Gasteiger partial charge in [-0.15, -0.1) is 0 Å². The molecule has 1 heterocycles. The number of sulfone groups is 1. The second-order valence-corrected chi connectivity index (χ2v) is 6.65. The van der Waals surface area contributed by atoms with Crippen molar-refractivity contribution < 1.29 is 31.1 Å². The van der Waals surface area contributed by atoms with E-state index in [2.05, 4.69) is 5.32 Å². The molecule has 6 nitrogen and oxygen atoms in total. The van der Waals surface area contributed by atoms with Crippen LogP contribution in [0.3, 0.4) is 0 Å². The molecule has 0 radical (unpaired) electrons. The molecule has 22 heavy (non-hydrogen) atoms. The summed E-state index contributed by atoms with van der Waals surface area (Å²) in [6.07, 6.45) is -0.427. The predicted molar refractivity (Wildman–Crippen MR) is 70.6 cm³/mol. The molecule has 1 aliphatic heterocycles. The number of halogens is 3. The number of alkyl halides is 3. The minimum Gasteiger partial charge on any atom is -0.367 e. The van der Waals surface area contributed by atoms with E-state index in [1.807, 2.05) is 0 Å². The number of rotatable bonds is 3. The van der Waals surface area contributed by atoms with Gasteiger partial charge in [0.2, 0.25) is 0 Å². The third-order valence-electron chi connectivity index (χ3n) is 3.11. The summed E-state index contributed by atoms with van der Waals surface area (Å²) in [5, 5.41) is 2.30. The zero-order valence-corrected chi connectivity index (χ0v) is 11.9. The lowest BCUT2D eigenvalue weighted by Gasteiger charge is -2.15. The zero-order chi connectivity index (χ0) is 16.5. The summed E-state index contributed by atoms with van der Waals surface area (Å²) < 4.78 is 65.2. The largest absolute Gasteiger partial charge is 0.501 e. The molecule has 10 heteroatoms. The van der Waals surface area contributed by atoms with Gasteiger partial charge in [-0.3, -0.25) is 4.79 Å². The van der Waals surface area contributed by atoms with Crippen molar-refractivity contribution in [2.45, 2.75) is 29.0 Å². The molecule has 1 aromatic carbocycles. The molecular formula is C12H13F3N2O4S. The molecule has 0 aromatic heterocycles. The number of anilines is 1. The summed E-state index contributed by atoms with van der Waals surface area (Å²) >= 11 is 0. The van der Waals surface area contributed by atoms with Crippen LogP contribution in [0.15, 0.2) is 29.2 Å². The van der Waals surface area contributed by atoms with Gasteiger partial charge in [0, 0.05) is 18.3 Å². The van der Waals surface area contributed by atoms with Crippen molar-refractivity contribution in [3.8, 4) is 0 Å². The van der Waals surface area contributed by atoms with Crippen molar-refractivity contribution in [3.05, 3.63) is 24.3 Å². The van der Waals surface area contributed by atoms with Crippen molar-refractivity contribution >= 4 is 21.4 Å². The monoisotopic (exact) mass is 338 g/mol. The highest BCUT2D eigenvalue weighted by Gasteiger charge is 2.47. The number of nitrogens with one attached hydrogen (secondary N) is 1. The quantitative estimate of drug-likeness (QED) is 0.858. The van der Waals surface area contributed by atoms with Crippen LogP contribution in [0, 0.1) is 0 Å². The van der Waals surface area contributed by atoms with Gasteiger partial charge in [0.15, 0.2) is 6.10 Å². The normalized spacial score (nSPS) is 22.5. The van der Waals surface area contributed by atoms with Gasteiger partial charge in [-0.2, -0.15) is 13.2 Å². The first kappa shape index (κ1) is 16.7. The van der Waals surface area contributed by atoms with Crippen LogP contribution in [0.2, 0.25) is 0 Å². The number of hydrogen-bond donors (Lipinski definition) is 2. The minimum absolute atomic E-state index is 0.0852. The van der Waals surface area contributed by atoms with Gasteiger partial charge in [0.1, 0.15) is 0 Å². The number of ether oxygens (including phenoxy) is 1. The zero-order valence-electron chi connectivity index (χ0n) is 11.1. The first-order valence-electron chi connectivity index (χ1n) is 6.22. The molecule has 1 aliphatic rings. The highest BCUT2D eigenvalue weighted by atomic mass is 32.2. The molecule has 0 aliphatic carbocycles. The van der Waals surface area contributed by atoms with Crippen molar-refractivity contribution in [1.29, 1.82) is 0 Å². The fourth-order valence-electron chi connectivity index (χ4n) is 1.96. The lowest BCUT2D eigenvalue weighted by Crippen LogP contribution is -2.40. The molecule has 2 unspecified atom stereocenters. The number of carbonyl (C=O) groups excluding carboxylic acids is 1. The Bertz CT molecular complexity index is 675. The maximum absolute atomic E-state index is 12.5. The van der Waals surface area contributed by atoms with Crippen molar-refractivity contribution in [2.24, 2.45) is 5.73 Å². The average Bonchev–Trinajstić information content (AvgIpc) is 2.84. The first-order valence-corrected chi connectivity index (χ1v) is 7.71. The van der Waals surface area contributed by atoms with Gasteiger partial charge in [0.25, 0.3) is 15.7 Å². The fourth-order valence-corrected chi connectivity index (χ4v) is 2.77. The molecule has 0 bridgehead atoms. The third-order valence-corrected chi connectivity index (χ3v) is 4.60. The Morgan fingerprint density at radius 2 is 2.05 bits per heavy atom. The van der Waals surface area contributed by atoms with E-state index in [1.165, 1.54) is 6.07 Å². The molecule has 1 aromatic rings. The second kappa shape index (κ2) is 5.86. The van der Waals surface area contributed by atoms with Crippen LogP contribution in [0.4, 0.5) is 18.9 Å². The summed E-state index contributed by atoms with van der Waals surface area (Å²) in [4.78, 5) is 10.9. The third kappa shape index (κ3) is 3.23. The molecule has 3 N–H and O–H groups in total. The minimum atomic E-state index is -5.47. The lowest BCUT2D eigenvalue weighted by molar-refractivity contribution is -0.125. The van der Waals surface area contributed by atoms with Gasteiger partial charge >= 0.3 is 5.51 Å². The average molecular weight is 338 g/mol. The summed E-state index contributed by atoms with van der Waals surface area (Å²) in [5.41, 5.74) is 0.164. The van der Waals surface area contributed by atoms with Gasteiger partial charge in [-0.05, 0) is 24.6 Å². The van der Waals surface area contributed by atoms with E-state index >= 15 is 0 Å². The molecule has 1 amide bonds. The Morgan fingerprint density at radius 1 is 1.36 bits per heavy atom. The highest BCUT2D eigenvalue weighted by molar-refractivity contribution is 7.92. The van der Waals surface area contributed by atoms with E-state index in [0.717, 1.165) is 18.2 Å². The predicted octanol–water partition coefficient (Wildman–Crippen LogP) is 1.03. The summed E-state index contributed by atoms with van der Waals surface area (Å²) in [6, 6.07) is 3.40. The van der Waals surface area contributed by atoms with E-state index in [0.29, 0.717) is 13.0 Å². The van der Waals surface area contributed by atoms with Crippen LogP contribution in [0.1, 0.15) is 6.42 Å². The van der Waals surface area contributed by atoms with E-state index in [4.69, 9.17) is 10.5 Å². The van der Waals surface area contributed by atoms with E-state index in [1.54, 1.807) is 0 Å². The molecule has 2 atom stereocenters. The Kier molecular flexibility index (Phi) is 4.45. The number of hydrogen-bond acceptors (Lipinski definition) is 5. The maximum Gasteiger partial charge on any atom is 0.501 e. The van der Waals surface area contributed by atoms with Gasteiger partial charge in [-0.1, -0.05) is 6.07 Å². The number of nitrogens with two attached hydrogens (primary N) is 1. The summed E-state index contributed by atoms with van der Waals surface area (Å²) in [5.74, 6) is -0.633. The standard InChI is InChI=1S/C12H13F3N2O4S/c13-12(14,15)22(19,20)8-3-1-2-7(6-8)17-11(18)10-9(16)4-5-21-10/h1-3,6,9-10H,4-5,16H2,(H,17,18). The topological polar surface area (TPSA) is 98.5 Å². The SMILES string of the molecule is NC1CCOC1C(=O)Nc1cccc(S(=O)(=O)C(F)(F)F)c1. The maximum atomic E-state index is 12.5. The lowest BCUT2D eigenvalue weighted by atomic mass is 10.1. The molecule has 0 spiro atoms. The Labute approximate surface area is 124 Å². The van der Waals surface area contributed by atoms with Crippen LogP contribution >= 0.6 is 0 Å². The number of benzene rings is 1. The smallest absolute Gasteiger partial charge is 0.367 e. The summed E-state index contributed by atoms with van der Waals surface area (Å²) in [7, 11) is -5.47. The molecule has 1 saturated heterocycles. The van der Waals surface area contributed by atoms with Crippen LogP contribution in [-0.2, 0) is 19.4 Å². The van der Waals surface area contributed by atoms with Gasteiger partial charge in [-0.25, -0.2) is 8.42 Å². The number of carbonyl (C=O) groups is 1. The van der Waals surface area contributed by atoms with Crippen molar-refractivity contribution in [1.82, 2.24) is 0 Å². The molecular weight excluding hydrogens is 325 g/mol. The second-order valence-electron chi connectivity index (χ2n) is 4.71. The molecule has 2 rings (SSSR count). The van der Waals surface area contributed by atoms with Crippen molar-refractivity contribution in [3.63, 3.8) is 0 Å². The Morgan fingerprint density at radius 3 is 2.59 bits per heavy atom. The van der Waals surface area contributed by atoms with Crippen LogP contribution < -0.4 is 11.1 Å².